The van der Waals surface area contributed by atoms with Crippen molar-refractivity contribution in [2.24, 2.45) is 0 Å². The van der Waals surface area contributed by atoms with Gasteiger partial charge in [-0.2, -0.15) is 4.57 Å². The van der Waals surface area contributed by atoms with Gasteiger partial charge in [-0.05, 0) is 32.0 Å². The number of hydrogen-bond donors (Lipinski definition) is 2. The normalized spacial score (nSPS) is 10.3. The molecule has 0 radical (unpaired) electrons. The van der Waals surface area contributed by atoms with Gasteiger partial charge in [-0.15, -0.1) is 0 Å². The Morgan fingerprint density at radius 1 is 1.23 bits per heavy atom. The van der Waals surface area contributed by atoms with Crippen LogP contribution in [0.15, 0.2) is 53.6 Å². The summed E-state index contributed by atoms with van der Waals surface area (Å²) in [5, 5.41) is 18.2. The molecule has 0 aliphatic heterocycles. The molecule has 1 amide bonds. The number of aryl methyl sites for hydroxylation is 2. The molecule has 2 N–H and O–H groups in total. The zero-order valence-corrected chi connectivity index (χ0v) is 17.3. The van der Waals surface area contributed by atoms with Crippen LogP contribution in [0.2, 0.25) is 0 Å². The molecule has 0 spiro atoms. The fraction of sp³-hybridized carbons (Fsp3) is 0.190. The molecule has 0 saturated carbocycles. The first-order chi connectivity index (χ1) is 15.0. The van der Waals surface area contributed by atoms with Gasteiger partial charge in [0.2, 0.25) is 6.54 Å². The van der Waals surface area contributed by atoms with Gasteiger partial charge in [0, 0.05) is 37.0 Å². The quantitative estimate of drug-likeness (QED) is 0.362. The number of aromatic nitrogens is 4. The minimum absolute atomic E-state index is 0.105. The summed E-state index contributed by atoms with van der Waals surface area (Å²) < 4.78 is 9.02. The van der Waals surface area contributed by atoms with Crippen molar-refractivity contribution in [3.05, 3.63) is 60.5 Å². The molecule has 0 aliphatic carbocycles. The summed E-state index contributed by atoms with van der Waals surface area (Å²) in [7, 11) is 1.86. The van der Waals surface area contributed by atoms with E-state index >= 15 is 0 Å². The van der Waals surface area contributed by atoms with Crippen molar-refractivity contribution >= 4 is 34.8 Å². The van der Waals surface area contributed by atoms with E-state index in [0.717, 1.165) is 33.9 Å². The molecular formula is C21H22N6O4. The smallest absolute Gasteiger partial charge is 0.290 e. The zero-order valence-electron chi connectivity index (χ0n) is 17.3. The van der Waals surface area contributed by atoms with Gasteiger partial charge in [-0.25, -0.2) is 4.98 Å². The van der Waals surface area contributed by atoms with E-state index in [9.17, 15) is 4.79 Å². The molecule has 31 heavy (non-hydrogen) atoms. The number of pyridine rings is 1. The van der Waals surface area contributed by atoms with E-state index < -0.39 is 6.47 Å². The van der Waals surface area contributed by atoms with Gasteiger partial charge in [0.05, 0.1) is 11.0 Å². The van der Waals surface area contributed by atoms with Crippen LogP contribution < -0.4 is 20.3 Å². The lowest BCUT2D eigenvalue weighted by Gasteiger charge is -2.06. The fourth-order valence-electron chi connectivity index (χ4n) is 3.19. The maximum atomic E-state index is 12.4. The van der Waals surface area contributed by atoms with E-state index in [1.54, 1.807) is 6.33 Å². The molecule has 10 heteroatoms. The number of nitrogens with one attached hydrogen (secondary N) is 2. The molecule has 3 aromatic heterocycles. The first-order valence-corrected chi connectivity index (χ1v) is 9.39. The lowest BCUT2D eigenvalue weighted by atomic mass is 10.2. The second-order valence-electron chi connectivity index (χ2n) is 6.64. The minimum atomic E-state index is -0.500. The van der Waals surface area contributed by atoms with Crippen molar-refractivity contribution in [2.45, 2.75) is 20.4 Å². The highest BCUT2D eigenvalue weighted by atomic mass is 16.5. The van der Waals surface area contributed by atoms with Crippen molar-refractivity contribution in [1.29, 1.82) is 0 Å². The Morgan fingerprint density at radius 3 is 2.55 bits per heavy atom. The van der Waals surface area contributed by atoms with Crippen molar-refractivity contribution < 1.29 is 23.8 Å². The molecule has 10 nitrogen and oxygen atoms in total. The number of amides is 1. The van der Waals surface area contributed by atoms with Crippen LogP contribution >= 0.6 is 0 Å². The summed E-state index contributed by atoms with van der Waals surface area (Å²) in [6.45, 7) is 3.50. The van der Waals surface area contributed by atoms with E-state index in [0.29, 0.717) is 5.69 Å². The average molecular weight is 422 g/mol. The van der Waals surface area contributed by atoms with Gasteiger partial charge in [-0.1, -0.05) is 5.16 Å². The molecule has 0 saturated heterocycles. The van der Waals surface area contributed by atoms with Crippen molar-refractivity contribution in [1.82, 2.24) is 14.7 Å². The van der Waals surface area contributed by atoms with Crippen LogP contribution in [-0.4, -0.2) is 34.1 Å². The van der Waals surface area contributed by atoms with E-state index in [2.05, 4.69) is 20.8 Å². The van der Waals surface area contributed by atoms with Crippen molar-refractivity contribution in [3.8, 4) is 5.69 Å². The van der Waals surface area contributed by atoms with Gasteiger partial charge in [0.15, 0.2) is 18.2 Å². The van der Waals surface area contributed by atoms with E-state index in [1.807, 2.05) is 72.8 Å². The maximum absolute atomic E-state index is 12.4. The maximum Gasteiger partial charge on any atom is 0.290 e. The Morgan fingerprint density at radius 2 is 1.94 bits per heavy atom. The van der Waals surface area contributed by atoms with Crippen LogP contribution in [0.4, 0.5) is 11.4 Å². The van der Waals surface area contributed by atoms with Crippen LogP contribution in [0.1, 0.15) is 11.5 Å². The standard InChI is InChI=1S/C20H20N6O2.CH2O2/c1-13-20(14(2)28-24-13)26-12-22-17-10-16(4-5-18(17)26)23-19(27)11-25-8-6-15(21-3)7-9-25;2-1-3/h4-10,12H,11H2,1-3H3,(H,23,27);1H,(H,2,3). The van der Waals surface area contributed by atoms with Crippen LogP contribution in [0.3, 0.4) is 0 Å². The van der Waals surface area contributed by atoms with Crippen LogP contribution in [0.5, 0.6) is 0 Å². The topological polar surface area (TPSA) is 129 Å². The highest BCUT2D eigenvalue weighted by Crippen LogP contribution is 2.25. The molecule has 0 bridgehead atoms. The highest BCUT2D eigenvalue weighted by molar-refractivity contribution is 5.92. The van der Waals surface area contributed by atoms with E-state index in [-0.39, 0.29) is 12.5 Å². The Hall–Kier alpha value is -4.21. The van der Waals surface area contributed by atoms with Crippen LogP contribution in [0, 0.1) is 13.8 Å². The monoisotopic (exact) mass is 422 g/mol. The molecule has 0 atom stereocenters. The third-order valence-electron chi connectivity index (χ3n) is 4.57. The molecular weight excluding hydrogens is 400 g/mol. The predicted octanol–water partition coefficient (Wildman–Crippen LogP) is 0.964. The summed E-state index contributed by atoms with van der Waals surface area (Å²) in [6.07, 6.45) is 5.46. The molecule has 0 unspecified atom stereocenters. The zero-order chi connectivity index (χ0) is 22.4. The van der Waals surface area contributed by atoms with Crippen molar-refractivity contribution in [3.63, 3.8) is 0 Å². The number of carboxylic acid groups (broad SMARTS) is 1. The van der Waals surface area contributed by atoms with Gasteiger partial charge in [0.25, 0.3) is 5.91 Å². The number of rotatable bonds is 5. The minimum Gasteiger partial charge on any atom is -0.554 e. The second-order valence-corrected chi connectivity index (χ2v) is 6.64. The lowest BCUT2D eigenvalue weighted by molar-refractivity contribution is -0.684. The third-order valence-corrected chi connectivity index (χ3v) is 4.57. The number of anilines is 2. The number of nitrogens with zero attached hydrogens (tertiary/aromatic N) is 4. The largest absolute Gasteiger partial charge is 0.554 e. The third kappa shape index (κ3) is 4.86. The Balaban J connectivity index is 0.000000858. The van der Waals surface area contributed by atoms with Gasteiger partial charge >= 0.3 is 0 Å². The first-order valence-electron chi connectivity index (χ1n) is 9.39. The molecule has 4 rings (SSSR count). The number of hydrogen-bond acceptors (Lipinski definition) is 7. The second kappa shape index (κ2) is 9.53. The Kier molecular flexibility index (Phi) is 6.61. The summed E-state index contributed by atoms with van der Waals surface area (Å²) >= 11 is 0. The molecule has 3 heterocycles. The average Bonchev–Trinajstić information content (AvgIpc) is 3.31. The van der Waals surface area contributed by atoms with Gasteiger partial charge < -0.3 is 25.1 Å². The summed E-state index contributed by atoms with van der Waals surface area (Å²) in [5.74, 6) is 0.627. The summed E-state index contributed by atoms with van der Waals surface area (Å²) in [4.78, 5) is 25.1. The SMILES string of the molecule is CNc1cc[n+](CC(=O)Nc2ccc3c(c2)ncn3-c2c(C)noc2C)cc1.O=C[O-]. The molecule has 0 aliphatic rings. The van der Waals surface area contributed by atoms with E-state index in [1.165, 1.54) is 0 Å². The predicted molar refractivity (Wildman–Crippen MR) is 111 cm³/mol. The fourth-order valence-corrected chi connectivity index (χ4v) is 3.19. The van der Waals surface area contributed by atoms with Gasteiger partial charge in [0.1, 0.15) is 17.7 Å². The molecule has 0 fully saturated rings. The first kappa shape index (κ1) is 21.5. The van der Waals surface area contributed by atoms with Crippen molar-refractivity contribution in [2.75, 3.05) is 17.7 Å². The summed E-state index contributed by atoms with van der Waals surface area (Å²) in [5.41, 5.74) is 5.09. The number of carbonyl (C=O) groups excluding carboxylic acids is 2. The lowest BCUT2D eigenvalue weighted by Crippen LogP contribution is -2.39. The van der Waals surface area contributed by atoms with E-state index in [4.69, 9.17) is 14.4 Å². The van der Waals surface area contributed by atoms with Crippen LogP contribution in [0.25, 0.3) is 16.7 Å². The highest BCUT2D eigenvalue weighted by Gasteiger charge is 2.15. The molecule has 160 valence electrons. The molecule has 1 aromatic carbocycles. The van der Waals surface area contributed by atoms with Crippen LogP contribution in [-0.2, 0) is 16.1 Å². The number of benzene rings is 1. The Bertz CT molecular complexity index is 1180. The summed E-state index contributed by atoms with van der Waals surface area (Å²) in [6, 6.07) is 9.49. The molecule has 4 aromatic rings. The number of carbonyl (C=O) groups is 2. The number of fused-ring (bicyclic) bond motifs is 1. The van der Waals surface area contributed by atoms with Gasteiger partial charge in [-0.3, -0.25) is 9.36 Å². The number of imidazole rings is 1. The Labute approximate surface area is 178 Å².